The van der Waals surface area contributed by atoms with E-state index in [0.29, 0.717) is 5.95 Å². The average Bonchev–Trinajstić information content (AvgIpc) is 3.06. The minimum absolute atomic E-state index is 0.0957. The molecule has 4 aromatic carbocycles. The quantitative estimate of drug-likeness (QED) is 0.170. The second kappa shape index (κ2) is 14.1. The van der Waals surface area contributed by atoms with Gasteiger partial charge in [-0.1, -0.05) is 57.2 Å². The van der Waals surface area contributed by atoms with Crippen LogP contribution in [0.15, 0.2) is 109 Å². The minimum atomic E-state index is -0.0957. The maximum Gasteiger partial charge on any atom is 0.227 e. The van der Waals surface area contributed by atoms with Crippen molar-refractivity contribution in [3.05, 3.63) is 120 Å². The fourth-order valence-electron chi connectivity index (χ4n) is 5.68. The van der Waals surface area contributed by atoms with Gasteiger partial charge >= 0.3 is 0 Å². The fraction of sp³-hybridized carbons (Fsp3) is 0.256. The summed E-state index contributed by atoms with van der Waals surface area (Å²) in [5, 5.41) is 6.11. The van der Waals surface area contributed by atoms with Gasteiger partial charge in [0, 0.05) is 68.5 Å². The first-order valence-electron chi connectivity index (χ1n) is 16.1. The lowest BCUT2D eigenvalue weighted by Crippen LogP contribution is -2.45. The van der Waals surface area contributed by atoms with Crippen molar-refractivity contribution in [2.75, 3.05) is 41.7 Å². The van der Waals surface area contributed by atoms with E-state index in [0.717, 1.165) is 66.9 Å². The van der Waals surface area contributed by atoms with Gasteiger partial charge in [-0.25, -0.2) is 9.97 Å². The van der Waals surface area contributed by atoms with Crippen LogP contribution in [0.3, 0.4) is 0 Å². The molecule has 1 aliphatic rings. The molecule has 0 radical (unpaired) electrons. The van der Waals surface area contributed by atoms with E-state index in [9.17, 15) is 4.79 Å². The van der Waals surface area contributed by atoms with Gasteiger partial charge in [-0.2, -0.15) is 0 Å². The molecule has 0 atom stereocenters. The van der Waals surface area contributed by atoms with Crippen LogP contribution in [0.2, 0.25) is 0 Å². The molecule has 0 bridgehead atoms. The Bertz CT molecular complexity index is 1790. The highest BCUT2D eigenvalue weighted by Crippen LogP contribution is 2.28. The van der Waals surface area contributed by atoms with Crippen molar-refractivity contribution < 1.29 is 9.53 Å². The third kappa shape index (κ3) is 8.54. The molecule has 240 valence electrons. The lowest BCUT2D eigenvalue weighted by Gasteiger charge is -2.36. The predicted molar refractivity (Wildman–Crippen MR) is 191 cm³/mol. The fourth-order valence-corrected chi connectivity index (χ4v) is 5.68. The summed E-state index contributed by atoms with van der Waals surface area (Å²) in [5.74, 6) is 2.16. The highest BCUT2D eigenvalue weighted by molar-refractivity contribution is 5.88. The molecule has 8 nitrogen and oxygen atoms in total. The first kappa shape index (κ1) is 31.8. The molecule has 0 spiro atoms. The highest BCUT2D eigenvalue weighted by atomic mass is 16.5. The molecule has 0 saturated carbocycles. The third-order valence-corrected chi connectivity index (χ3v) is 8.28. The smallest absolute Gasteiger partial charge is 0.227 e. The zero-order chi connectivity index (χ0) is 32.8. The van der Waals surface area contributed by atoms with Crippen molar-refractivity contribution in [2.45, 2.75) is 39.7 Å². The molecule has 1 aromatic heterocycles. The monoisotopic (exact) mass is 626 g/mol. The summed E-state index contributed by atoms with van der Waals surface area (Å²) in [6.45, 7) is 13.0. The Morgan fingerprint density at radius 2 is 1.51 bits per heavy atom. The van der Waals surface area contributed by atoms with Gasteiger partial charge in [0.1, 0.15) is 11.5 Å². The summed E-state index contributed by atoms with van der Waals surface area (Å²) < 4.78 is 6.19. The molecule has 1 amide bonds. The van der Waals surface area contributed by atoms with Crippen LogP contribution in [-0.2, 0) is 16.8 Å². The number of hydrogen-bond donors (Lipinski definition) is 2. The number of rotatable bonds is 9. The summed E-state index contributed by atoms with van der Waals surface area (Å²) in [5.41, 5.74) is 7.31. The average molecular weight is 627 g/mol. The van der Waals surface area contributed by atoms with Crippen molar-refractivity contribution >= 4 is 28.9 Å². The van der Waals surface area contributed by atoms with E-state index in [1.54, 1.807) is 6.20 Å². The van der Waals surface area contributed by atoms with E-state index in [1.165, 1.54) is 23.7 Å². The third-order valence-electron chi connectivity index (χ3n) is 8.28. The van der Waals surface area contributed by atoms with E-state index < -0.39 is 0 Å². The van der Waals surface area contributed by atoms with Crippen molar-refractivity contribution in [3.8, 4) is 22.8 Å². The van der Waals surface area contributed by atoms with E-state index in [4.69, 9.17) is 4.74 Å². The minimum Gasteiger partial charge on any atom is -0.457 e. The maximum absolute atomic E-state index is 11.3. The summed E-state index contributed by atoms with van der Waals surface area (Å²) in [6.07, 6.45) is 1.75. The van der Waals surface area contributed by atoms with Gasteiger partial charge in [0.2, 0.25) is 11.9 Å². The van der Waals surface area contributed by atoms with Crippen LogP contribution < -0.4 is 20.3 Å². The van der Waals surface area contributed by atoms with Gasteiger partial charge in [0.05, 0.1) is 5.69 Å². The molecule has 0 aliphatic carbocycles. The number of hydrogen-bond acceptors (Lipinski definition) is 7. The van der Waals surface area contributed by atoms with Gasteiger partial charge in [0.15, 0.2) is 0 Å². The van der Waals surface area contributed by atoms with Gasteiger partial charge in [0.25, 0.3) is 0 Å². The van der Waals surface area contributed by atoms with E-state index in [1.807, 2.05) is 36.4 Å². The predicted octanol–water partition coefficient (Wildman–Crippen LogP) is 8.26. The van der Waals surface area contributed by atoms with Crippen LogP contribution in [0, 0.1) is 0 Å². The topological polar surface area (TPSA) is 82.6 Å². The molecule has 47 heavy (non-hydrogen) atoms. The molecule has 1 saturated heterocycles. The van der Waals surface area contributed by atoms with Gasteiger partial charge in [-0.05, 0) is 83.3 Å². The number of carbonyl (C=O) groups excluding carboxylic acids is 1. The maximum atomic E-state index is 11.3. The van der Waals surface area contributed by atoms with Gasteiger partial charge < -0.3 is 20.3 Å². The van der Waals surface area contributed by atoms with Crippen molar-refractivity contribution in [1.82, 2.24) is 14.9 Å². The van der Waals surface area contributed by atoms with Crippen LogP contribution >= 0.6 is 0 Å². The lowest BCUT2D eigenvalue weighted by molar-refractivity contribution is -0.114. The Morgan fingerprint density at radius 3 is 2.19 bits per heavy atom. The summed E-state index contributed by atoms with van der Waals surface area (Å²) in [7, 11) is 0. The summed E-state index contributed by atoms with van der Waals surface area (Å²) in [6, 6.07) is 34.8. The van der Waals surface area contributed by atoms with Crippen LogP contribution in [-0.4, -0.2) is 47.0 Å². The van der Waals surface area contributed by atoms with Crippen molar-refractivity contribution in [1.29, 1.82) is 0 Å². The molecule has 5 aromatic rings. The highest BCUT2D eigenvalue weighted by Gasteiger charge is 2.18. The number of piperazine rings is 1. The van der Waals surface area contributed by atoms with Gasteiger partial charge in [-0.15, -0.1) is 0 Å². The number of nitrogens with zero attached hydrogens (tertiary/aromatic N) is 4. The second-order valence-corrected chi connectivity index (χ2v) is 13.0. The van der Waals surface area contributed by atoms with Crippen LogP contribution in [0.5, 0.6) is 11.5 Å². The molecule has 8 heteroatoms. The molecule has 1 aliphatic heterocycles. The Morgan fingerprint density at radius 1 is 0.809 bits per heavy atom. The van der Waals surface area contributed by atoms with E-state index in [2.05, 4.69) is 118 Å². The molecular formula is C39H42N6O2. The van der Waals surface area contributed by atoms with Crippen LogP contribution in [0.4, 0.5) is 23.0 Å². The Labute approximate surface area is 277 Å². The van der Waals surface area contributed by atoms with E-state index in [-0.39, 0.29) is 11.3 Å². The van der Waals surface area contributed by atoms with Crippen LogP contribution in [0.1, 0.15) is 38.8 Å². The normalized spacial score (nSPS) is 13.7. The molecule has 1 fully saturated rings. The number of benzene rings is 4. The number of ether oxygens (including phenoxy) is 1. The first-order chi connectivity index (χ1) is 22.7. The van der Waals surface area contributed by atoms with Crippen molar-refractivity contribution in [3.63, 3.8) is 0 Å². The molecule has 2 N–H and O–H groups in total. The Kier molecular flexibility index (Phi) is 9.50. The van der Waals surface area contributed by atoms with Crippen LogP contribution in [0.25, 0.3) is 11.3 Å². The number of carbonyl (C=O) groups is 1. The molecule has 0 unspecified atom stereocenters. The summed E-state index contributed by atoms with van der Waals surface area (Å²) in [4.78, 5) is 25.3. The number of anilines is 4. The SMILES string of the molecule is CC(=O)Nc1ccc(-c2ccnc(Nc3ccc(N4CCN(Cc5cccc(Oc6ccc(C(C)(C)C)cc6)c5)CC4)cc3)n2)cc1. The summed E-state index contributed by atoms with van der Waals surface area (Å²) >= 11 is 0. The van der Waals surface area contributed by atoms with Gasteiger partial charge in [-0.3, -0.25) is 9.69 Å². The largest absolute Gasteiger partial charge is 0.457 e. The number of aromatic nitrogens is 2. The number of nitrogens with one attached hydrogen (secondary N) is 2. The number of amides is 1. The first-order valence-corrected chi connectivity index (χ1v) is 16.1. The standard InChI is InChI=1S/C39H42N6O2/c1-28(46)41-32-12-8-30(9-13-32)37-20-21-40-38(43-37)42-33-14-16-34(17-15-33)45-24-22-44(23-25-45)27-29-6-5-7-36(26-29)47-35-18-10-31(11-19-35)39(2,3)4/h5-21,26H,22-25,27H2,1-4H3,(H,41,46)(H,40,42,43). The Hall–Kier alpha value is -5.21. The molecule has 6 rings (SSSR count). The van der Waals surface area contributed by atoms with E-state index >= 15 is 0 Å². The molecule has 2 heterocycles. The Balaban J connectivity index is 0.997. The zero-order valence-corrected chi connectivity index (χ0v) is 27.5. The second-order valence-electron chi connectivity index (χ2n) is 13.0. The van der Waals surface area contributed by atoms with Crippen molar-refractivity contribution in [2.24, 2.45) is 0 Å². The molecular weight excluding hydrogens is 584 g/mol. The lowest BCUT2D eigenvalue weighted by atomic mass is 9.87. The zero-order valence-electron chi connectivity index (χ0n) is 27.5.